The van der Waals surface area contributed by atoms with Crippen LogP contribution in [0.2, 0.25) is 0 Å². The van der Waals surface area contributed by atoms with Gasteiger partial charge in [-0.2, -0.15) is 13.2 Å². The number of aliphatic hydroxyl groups excluding tert-OH is 1. The summed E-state index contributed by atoms with van der Waals surface area (Å²) in [4.78, 5) is 19.0. The molecule has 8 heteroatoms. The second kappa shape index (κ2) is 9.00. The Labute approximate surface area is 183 Å². The normalized spacial score (nSPS) is 12.9. The number of nitrogens with zero attached hydrogens (tertiary/aromatic N) is 2. The van der Waals surface area contributed by atoms with E-state index >= 15 is 0 Å². The monoisotopic (exact) mass is 441 g/mol. The molecule has 1 amide bonds. The quantitative estimate of drug-likeness (QED) is 0.599. The molecule has 0 atom stereocenters. The number of halogens is 3. The van der Waals surface area contributed by atoms with Crippen molar-refractivity contribution in [2.75, 3.05) is 29.9 Å². The van der Waals surface area contributed by atoms with Gasteiger partial charge in [-0.15, -0.1) is 0 Å². The molecule has 0 aliphatic carbocycles. The van der Waals surface area contributed by atoms with Gasteiger partial charge in [0.25, 0.3) is 5.91 Å². The molecule has 2 N–H and O–H groups in total. The van der Waals surface area contributed by atoms with Gasteiger partial charge in [0.05, 0.1) is 24.1 Å². The number of carbonyl (C=O) groups is 1. The first-order chi connectivity index (χ1) is 15.4. The highest BCUT2D eigenvalue weighted by Crippen LogP contribution is 2.31. The van der Waals surface area contributed by atoms with Crippen molar-refractivity contribution < 1.29 is 23.1 Å². The molecule has 4 rings (SSSR count). The molecule has 5 nitrogen and oxygen atoms in total. The van der Waals surface area contributed by atoms with E-state index in [4.69, 9.17) is 0 Å². The van der Waals surface area contributed by atoms with Gasteiger partial charge in [-0.3, -0.25) is 9.78 Å². The van der Waals surface area contributed by atoms with Crippen LogP contribution < -0.4 is 10.2 Å². The zero-order valence-electron chi connectivity index (χ0n) is 17.2. The van der Waals surface area contributed by atoms with Crippen LogP contribution in [-0.4, -0.2) is 35.7 Å². The lowest BCUT2D eigenvalue weighted by molar-refractivity contribution is -0.137. The molecule has 3 aromatic rings. The van der Waals surface area contributed by atoms with Gasteiger partial charge >= 0.3 is 6.18 Å². The maximum atomic E-state index is 13.4. The number of nitrogens with one attached hydrogen (secondary N) is 1. The number of alkyl halides is 3. The number of fused-ring (bicyclic) bond motifs is 1. The van der Waals surface area contributed by atoms with Crippen molar-refractivity contribution in [1.29, 1.82) is 0 Å². The molecule has 1 aromatic heterocycles. The Morgan fingerprint density at radius 3 is 2.69 bits per heavy atom. The predicted octanol–water partition coefficient (Wildman–Crippen LogP) is 4.30. The summed E-state index contributed by atoms with van der Waals surface area (Å²) in [6.45, 7) is 0.592. The highest BCUT2D eigenvalue weighted by atomic mass is 19.4. The summed E-state index contributed by atoms with van der Waals surface area (Å²) in [7, 11) is 0. The van der Waals surface area contributed by atoms with Crippen LogP contribution in [0.15, 0.2) is 60.9 Å². The third-order valence-electron chi connectivity index (χ3n) is 5.42. The van der Waals surface area contributed by atoms with Crippen molar-refractivity contribution in [2.24, 2.45) is 0 Å². The number of rotatable bonds is 6. The number of aliphatic hydroxyl groups is 1. The Morgan fingerprint density at radius 2 is 1.91 bits per heavy atom. The van der Waals surface area contributed by atoms with Crippen molar-refractivity contribution >= 4 is 17.3 Å². The average Bonchev–Trinajstić information content (AvgIpc) is 3.26. The van der Waals surface area contributed by atoms with Crippen LogP contribution in [0.4, 0.5) is 24.5 Å². The summed E-state index contributed by atoms with van der Waals surface area (Å²) in [5, 5.41) is 12.8. The summed E-state index contributed by atoms with van der Waals surface area (Å²) >= 11 is 0. The van der Waals surface area contributed by atoms with Gasteiger partial charge in [0.2, 0.25) is 0 Å². The number of carbonyl (C=O) groups excluding carboxylic acids is 1. The third-order valence-corrected chi connectivity index (χ3v) is 5.42. The fourth-order valence-corrected chi connectivity index (χ4v) is 3.95. The number of hydrogen-bond acceptors (Lipinski definition) is 4. The van der Waals surface area contributed by atoms with Gasteiger partial charge in [0, 0.05) is 30.5 Å². The number of aromatic nitrogens is 1. The van der Waals surface area contributed by atoms with Crippen molar-refractivity contribution in [3.63, 3.8) is 0 Å². The zero-order chi connectivity index (χ0) is 22.7. The molecule has 166 valence electrons. The summed E-state index contributed by atoms with van der Waals surface area (Å²) < 4.78 is 39.1. The largest absolute Gasteiger partial charge is 0.416 e. The molecule has 0 bridgehead atoms. The van der Waals surface area contributed by atoms with Crippen LogP contribution >= 0.6 is 0 Å². The van der Waals surface area contributed by atoms with E-state index in [1.807, 2.05) is 12.1 Å². The molecule has 32 heavy (non-hydrogen) atoms. The first kappa shape index (κ1) is 21.8. The molecule has 2 aromatic carbocycles. The first-order valence-corrected chi connectivity index (χ1v) is 10.3. The zero-order valence-corrected chi connectivity index (χ0v) is 17.2. The molecule has 0 unspecified atom stereocenters. The van der Waals surface area contributed by atoms with E-state index in [1.165, 1.54) is 17.2 Å². The number of hydrogen-bond donors (Lipinski definition) is 2. The van der Waals surface area contributed by atoms with Crippen LogP contribution in [0.3, 0.4) is 0 Å². The highest BCUT2D eigenvalue weighted by molar-refractivity contribution is 6.08. The van der Waals surface area contributed by atoms with Gasteiger partial charge in [0.1, 0.15) is 0 Å². The van der Waals surface area contributed by atoms with Crippen molar-refractivity contribution in [1.82, 2.24) is 4.98 Å². The molecular formula is C24H22F3N3O2. The van der Waals surface area contributed by atoms with Gasteiger partial charge in [-0.05, 0) is 53.8 Å². The van der Waals surface area contributed by atoms with Crippen LogP contribution in [0.25, 0.3) is 0 Å². The molecule has 0 saturated heterocycles. The van der Waals surface area contributed by atoms with Crippen LogP contribution in [-0.2, 0) is 19.0 Å². The summed E-state index contributed by atoms with van der Waals surface area (Å²) in [6.07, 6.45) is -0.361. The number of anilines is 2. The van der Waals surface area contributed by atoms with Crippen molar-refractivity contribution in [2.45, 2.75) is 19.0 Å². The second-order valence-electron chi connectivity index (χ2n) is 7.62. The van der Waals surface area contributed by atoms with Gasteiger partial charge in [-0.1, -0.05) is 24.3 Å². The minimum absolute atomic E-state index is 0.0740. The topological polar surface area (TPSA) is 65.5 Å². The minimum atomic E-state index is -4.41. The molecule has 0 spiro atoms. The standard InChI is InChI=1S/C24H22F3N3O2/c25-24(26,27)18-4-1-3-16(12-18)11-17-13-19(15-28-14-17)30(9-10-31)23(32)21-5-2-6-22-20(21)7-8-29-22/h1-6,12-15,29,31H,7-11H2. The molecule has 0 saturated carbocycles. The Kier molecular flexibility index (Phi) is 6.14. The Morgan fingerprint density at radius 1 is 1.09 bits per heavy atom. The van der Waals surface area contributed by atoms with E-state index in [0.29, 0.717) is 22.4 Å². The average molecular weight is 441 g/mol. The Hall–Kier alpha value is -3.39. The maximum Gasteiger partial charge on any atom is 0.416 e. The van der Waals surface area contributed by atoms with Crippen molar-refractivity contribution in [3.8, 4) is 0 Å². The first-order valence-electron chi connectivity index (χ1n) is 10.3. The highest BCUT2D eigenvalue weighted by Gasteiger charge is 2.30. The lowest BCUT2D eigenvalue weighted by atomic mass is 10.0. The molecule has 0 fully saturated rings. The van der Waals surface area contributed by atoms with E-state index < -0.39 is 11.7 Å². The van der Waals surface area contributed by atoms with Gasteiger partial charge in [-0.25, -0.2) is 0 Å². The van der Waals surface area contributed by atoms with Gasteiger partial charge < -0.3 is 15.3 Å². The molecule has 1 aliphatic rings. The van der Waals surface area contributed by atoms with Crippen LogP contribution in [0, 0.1) is 0 Å². The fourth-order valence-electron chi connectivity index (χ4n) is 3.95. The third kappa shape index (κ3) is 4.60. The molecular weight excluding hydrogens is 419 g/mol. The summed E-state index contributed by atoms with van der Waals surface area (Å²) in [5.74, 6) is -0.252. The fraction of sp³-hybridized carbons (Fsp3) is 0.250. The smallest absolute Gasteiger partial charge is 0.395 e. The van der Waals surface area contributed by atoms with Gasteiger partial charge in [0.15, 0.2) is 0 Å². The molecule has 1 aliphatic heterocycles. The predicted molar refractivity (Wildman–Crippen MR) is 116 cm³/mol. The minimum Gasteiger partial charge on any atom is -0.395 e. The molecule has 0 radical (unpaired) electrons. The van der Waals surface area contributed by atoms with Crippen molar-refractivity contribution in [3.05, 3.63) is 88.7 Å². The summed E-state index contributed by atoms with van der Waals surface area (Å²) in [5.41, 5.74) is 3.36. The van der Waals surface area contributed by atoms with E-state index in [-0.39, 0.29) is 25.5 Å². The number of pyridine rings is 1. The second-order valence-corrected chi connectivity index (χ2v) is 7.62. The van der Waals surface area contributed by atoms with E-state index in [2.05, 4.69) is 10.3 Å². The van der Waals surface area contributed by atoms with Crippen LogP contribution in [0.5, 0.6) is 0 Å². The molecule has 2 heterocycles. The van der Waals surface area contributed by atoms with E-state index in [1.54, 1.807) is 24.4 Å². The lowest BCUT2D eigenvalue weighted by Gasteiger charge is -2.23. The number of benzene rings is 2. The lowest BCUT2D eigenvalue weighted by Crippen LogP contribution is -2.34. The Balaban J connectivity index is 1.62. The van der Waals surface area contributed by atoms with E-state index in [9.17, 15) is 23.1 Å². The maximum absolute atomic E-state index is 13.4. The summed E-state index contributed by atoms with van der Waals surface area (Å²) in [6, 6.07) is 12.4. The Bertz CT molecular complexity index is 1130. The van der Waals surface area contributed by atoms with E-state index in [0.717, 1.165) is 36.3 Å². The van der Waals surface area contributed by atoms with Crippen LogP contribution in [0.1, 0.15) is 32.6 Å². The number of amides is 1. The SMILES string of the molecule is O=C(c1cccc2c1CCN2)N(CCO)c1cncc(Cc2cccc(C(F)(F)F)c2)c1.